The number of hydrogen-bond donors (Lipinski definition) is 1. The van der Waals surface area contributed by atoms with Crippen LogP contribution < -0.4 is 5.32 Å². The Labute approximate surface area is 150 Å². The maximum Gasteiger partial charge on any atom is 0.253 e. The molecule has 0 spiro atoms. The van der Waals surface area contributed by atoms with Gasteiger partial charge < -0.3 is 5.32 Å². The van der Waals surface area contributed by atoms with Gasteiger partial charge in [-0.2, -0.15) is 0 Å². The van der Waals surface area contributed by atoms with Crippen molar-refractivity contribution < 1.29 is 13.6 Å². The van der Waals surface area contributed by atoms with Crippen LogP contribution in [-0.2, 0) is 6.42 Å². The zero-order valence-electron chi connectivity index (χ0n) is 14.3. The van der Waals surface area contributed by atoms with E-state index in [1.54, 1.807) is 12.3 Å². The first kappa shape index (κ1) is 17.7. The first-order chi connectivity index (χ1) is 12.5. The minimum atomic E-state index is -0.625. The van der Waals surface area contributed by atoms with E-state index >= 15 is 0 Å². The van der Waals surface area contributed by atoms with Gasteiger partial charge in [0.05, 0.1) is 5.56 Å². The lowest BCUT2D eigenvalue weighted by Gasteiger charge is -2.12. The van der Waals surface area contributed by atoms with E-state index in [2.05, 4.69) is 10.3 Å². The first-order valence-electron chi connectivity index (χ1n) is 8.28. The predicted molar refractivity (Wildman–Crippen MR) is 96.8 cm³/mol. The lowest BCUT2D eigenvalue weighted by Crippen LogP contribution is -2.26. The smallest absolute Gasteiger partial charge is 0.253 e. The maximum absolute atomic E-state index is 13.2. The Bertz CT molecular complexity index is 921. The molecule has 132 valence electrons. The second-order valence-electron chi connectivity index (χ2n) is 6.02. The fourth-order valence-corrected chi connectivity index (χ4v) is 2.86. The molecule has 26 heavy (non-hydrogen) atoms. The third kappa shape index (κ3) is 4.11. The van der Waals surface area contributed by atoms with E-state index in [0.717, 1.165) is 22.8 Å². The Hall–Kier alpha value is -3.08. The van der Waals surface area contributed by atoms with Crippen molar-refractivity contribution in [2.75, 3.05) is 6.54 Å². The van der Waals surface area contributed by atoms with Gasteiger partial charge in [-0.1, -0.05) is 24.3 Å². The number of aryl methyl sites for hydroxylation is 1. The highest BCUT2D eigenvalue weighted by Gasteiger charge is 2.14. The zero-order chi connectivity index (χ0) is 18.5. The van der Waals surface area contributed by atoms with Crippen molar-refractivity contribution in [1.29, 1.82) is 0 Å². The summed E-state index contributed by atoms with van der Waals surface area (Å²) in [7, 11) is 0. The molecular weight excluding hydrogens is 334 g/mol. The van der Waals surface area contributed by atoms with E-state index in [1.807, 2.05) is 31.2 Å². The van der Waals surface area contributed by atoms with Crippen LogP contribution in [0, 0.1) is 18.6 Å². The van der Waals surface area contributed by atoms with E-state index in [9.17, 15) is 13.6 Å². The molecule has 3 nitrogen and oxygen atoms in total. The molecule has 0 aliphatic heterocycles. The number of benzene rings is 2. The number of aromatic nitrogens is 1. The van der Waals surface area contributed by atoms with Crippen LogP contribution in [0.4, 0.5) is 8.78 Å². The van der Waals surface area contributed by atoms with Crippen LogP contribution in [0.15, 0.2) is 60.9 Å². The molecule has 3 aromatic rings. The highest BCUT2D eigenvalue weighted by molar-refractivity contribution is 6.00. The number of nitrogens with one attached hydrogen (secondary N) is 1. The Morgan fingerprint density at radius 2 is 1.77 bits per heavy atom. The maximum atomic E-state index is 13.2. The van der Waals surface area contributed by atoms with Gasteiger partial charge in [-0.25, -0.2) is 8.78 Å². The van der Waals surface area contributed by atoms with Crippen molar-refractivity contribution >= 4 is 5.91 Å². The van der Waals surface area contributed by atoms with Crippen LogP contribution in [-0.4, -0.2) is 17.4 Å². The lowest BCUT2D eigenvalue weighted by molar-refractivity contribution is 0.0954. The number of nitrogens with zero attached hydrogens (tertiary/aromatic N) is 1. The van der Waals surface area contributed by atoms with E-state index in [-0.39, 0.29) is 12.5 Å². The molecule has 0 atom stereocenters. The highest BCUT2D eigenvalue weighted by Crippen LogP contribution is 2.26. The molecule has 1 N–H and O–H groups in total. The Morgan fingerprint density at radius 1 is 1.04 bits per heavy atom. The summed E-state index contributed by atoms with van der Waals surface area (Å²) in [4.78, 5) is 16.6. The molecule has 1 heterocycles. The molecule has 5 heteroatoms. The number of amides is 1. The summed E-state index contributed by atoms with van der Waals surface area (Å²) in [5, 5.41) is 2.79. The quantitative estimate of drug-likeness (QED) is 0.744. The van der Waals surface area contributed by atoms with Gasteiger partial charge in [-0.3, -0.25) is 9.78 Å². The molecule has 0 saturated heterocycles. The molecule has 0 aliphatic rings. The monoisotopic (exact) mass is 352 g/mol. The number of carbonyl (C=O) groups excluding carboxylic acids is 1. The standard InChI is InChI=1S/C21H18F2N2O/c1-14-4-2-3-5-18(14)19-7-8-24-13-20(19)21(26)25-9-6-15-10-16(22)12-17(23)11-15/h2-5,7-8,10-13H,6,9H2,1H3,(H,25,26). The van der Waals surface area contributed by atoms with Crippen molar-refractivity contribution in [1.82, 2.24) is 10.3 Å². The Kier molecular flexibility index (Phi) is 5.37. The third-order valence-corrected chi connectivity index (χ3v) is 4.12. The van der Waals surface area contributed by atoms with Crippen LogP contribution >= 0.6 is 0 Å². The minimum absolute atomic E-state index is 0.268. The molecule has 2 aromatic carbocycles. The molecule has 0 radical (unpaired) electrons. The summed E-state index contributed by atoms with van der Waals surface area (Å²) in [6.45, 7) is 2.25. The summed E-state index contributed by atoms with van der Waals surface area (Å²) >= 11 is 0. The molecule has 3 rings (SSSR count). The molecule has 0 aliphatic carbocycles. The van der Waals surface area contributed by atoms with Crippen LogP contribution in [0.3, 0.4) is 0 Å². The second-order valence-corrected chi connectivity index (χ2v) is 6.02. The molecule has 1 amide bonds. The van der Waals surface area contributed by atoms with Crippen molar-refractivity contribution in [2.45, 2.75) is 13.3 Å². The van der Waals surface area contributed by atoms with Crippen LogP contribution in [0.2, 0.25) is 0 Å². The molecule has 0 bridgehead atoms. The largest absolute Gasteiger partial charge is 0.352 e. The van der Waals surface area contributed by atoms with Crippen LogP contribution in [0.5, 0.6) is 0 Å². The average Bonchev–Trinajstić information content (AvgIpc) is 2.61. The van der Waals surface area contributed by atoms with Gasteiger partial charge in [0.15, 0.2) is 0 Å². The molecule has 0 saturated carbocycles. The van der Waals surface area contributed by atoms with Gasteiger partial charge >= 0.3 is 0 Å². The molecule has 1 aromatic heterocycles. The topological polar surface area (TPSA) is 42.0 Å². The lowest BCUT2D eigenvalue weighted by atomic mass is 9.97. The van der Waals surface area contributed by atoms with Crippen molar-refractivity contribution in [2.24, 2.45) is 0 Å². The number of carbonyl (C=O) groups is 1. The summed E-state index contributed by atoms with van der Waals surface area (Å²) in [6, 6.07) is 13.0. The van der Waals surface area contributed by atoms with Crippen molar-refractivity contribution in [3.05, 3.63) is 89.2 Å². The molecular formula is C21H18F2N2O. The summed E-state index contributed by atoms with van der Waals surface area (Å²) < 4.78 is 26.4. The summed E-state index contributed by atoms with van der Waals surface area (Å²) in [5.74, 6) is -1.52. The zero-order valence-corrected chi connectivity index (χ0v) is 14.3. The molecule has 0 unspecified atom stereocenters. The number of pyridine rings is 1. The van der Waals surface area contributed by atoms with E-state index in [4.69, 9.17) is 0 Å². The fraction of sp³-hybridized carbons (Fsp3) is 0.143. The first-order valence-corrected chi connectivity index (χ1v) is 8.28. The fourth-order valence-electron chi connectivity index (χ4n) is 2.86. The second kappa shape index (κ2) is 7.87. The number of halogens is 2. The third-order valence-electron chi connectivity index (χ3n) is 4.12. The summed E-state index contributed by atoms with van der Waals surface area (Å²) in [6.07, 6.45) is 3.51. The normalized spacial score (nSPS) is 10.6. The predicted octanol–water partition coefficient (Wildman–Crippen LogP) is 4.31. The summed E-state index contributed by atoms with van der Waals surface area (Å²) in [5.41, 5.74) is 3.78. The Morgan fingerprint density at radius 3 is 2.50 bits per heavy atom. The van der Waals surface area contributed by atoms with Crippen molar-refractivity contribution in [3.63, 3.8) is 0 Å². The number of rotatable bonds is 5. The van der Waals surface area contributed by atoms with Gasteiger partial charge in [-0.15, -0.1) is 0 Å². The van der Waals surface area contributed by atoms with Gasteiger partial charge in [0.2, 0.25) is 0 Å². The van der Waals surface area contributed by atoms with E-state index in [0.29, 0.717) is 17.5 Å². The van der Waals surface area contributed by atoms with Crippen LogP contribution in [0.1, 0.15) is 21.5 Å². The van der Waals surface area contributed by atoms with Gasteiger partial charge in [-0.05, 0) is 53.8 Å². The van der Waals surface area contributed by atoms with Gasteiger partial charge in [0, 0.05) is 25.0 Å². The van der Waals surface area contributed by atoms with E-state index in [1.165, 1.54) is 18.3 Å². The Balaban J connectivity index is 1.74. The SMILES string of the molecule is Cc1ccccc1-c1ccncc1C(=O)NCCc1cc(F)cc(F)c1. The number of hydrogen-bond acceptors (Lipinski definition) is 2. The van der Waals surface area contributed by atoms with Gasteiger partial charge in [0.1, 0.15) is 11.6 Å². The highest BCUT2D eigenvalue weighted by atomic mass is 19.1. The average molecular weight is 352 g/mol. The molecule has 0 fully saturated rings. The van der Waals surface area contributed by atoms with E-state index < -0.39 is 11.6 Å². The van der Waals surface area contributed by atoms with Gasteiger partial charge in [0.25, 0.3) is 5.91 Å². The van der Waals surface area contributed by atoms with Crippen molar-refractivity contribution in [3.8, 4) is 11.1 Å². The van der Waals surface area contributed by atoms with Crippen LogP contribution in [0.25, 0.3) is 11.1 Å². The minimum Gasteiger partial charge on any atom is -0.352 e.